The van der Waals surface area contributed by atoms with Crippen LogP contribution in [0.5, 0.6) is 0 Å². The minimum atomic E-state index is -0.545. The van der Waals surface area contributed by atoms with Crippen LogP contribution in [0.15, 0.2) is 73.3 Å². The maximum Gasteiger partial charge on any atom is 0.0893 e. The normalized spacial score (nSPS) is 13.9. The minimum Gasteiger partial charge on any atom is -0.387 e. The second kappa shape index (κ2) is 5.46. The summed E-state index contributed by atoms with van der Waals surface area (Å²) in [6, 6.07) is 19.6. The van der Waals surface area contributed by atoms with Gasteiger partial charge in [0, 0.05) is 5.92 Å². The van der Waals surface area contributed by atoms with Crippen molar-refractivity contribution in [3.05, 3.63) is 84.4 Å². The molecule has 0 saturated heterocycles. The average Bonchev–Trinajstić information content (AvgIpc) is 2.42. The lowest BCUT2D eigenvalue weighted by Crippen LogP contribution is -2.08. The van der Waals surface area contributed by atoms with Gasteiger partial charge in [0.2, 0.25) is 0 Å². The number of hydrogen-bond donors (Lipinski definition) is 1. The number of hydrogen-bond acceptors (Lipinski definition) is 1. The largest absolute Gasteiger partial charge is 0.387 e. The second-order valence-electron chi connectivity index (χ2n) is 4.03. The van der Waals surface area contributed by atoms with Gasteiger partial charge >= 0.3 is 0 Å². The van der Waals surface area contributed by atoms with Crippen molar-refractivity contribution in [2.75, 3.05) is 0 Å². The first-order valence-electron chi connectivity index (χ1n) is 5.73. The molecule has 2 rings (SSSR count). The highest BCUT2D eigenvalue weighted by Crippen LogP contribution is 2.31. The van der Waals surface area contributed by atoms with Crippen molar-refractivity contribution in [1.29, 1.82) is 0 Å². The first kappa shape index (κ1) is 11.6. The molecule has 2 aromatic carbocycles. The Kier molecular flexibility index (Phi) is 3.73. The van der Waals surface area contributed by atoms with E-state index in [0.717, 1.165) is 11.1 Å². The number of aliphatic hydroxyl groups excluding tert-OH is 1. The van der Waals surface area contributed by atoms with Gasteiger partial charge in [0.15, 0.2) is 0 Å². The van der Waals surface area contributed by atoms with E-state index in [1.165, 1.54) is 0 Å². The first-order valence-corrected chi connectivity index (χ1v) is 5.73. The first-order chi connectivity index (χ1) is 8.33. The Morgan fingerprint density at radius 2 is 1.29 bits per heavy atom. The molecule has 1 heteroatoms. The maximum absolute atomic E-state index is 10.4. The van der Waals surface area contributed by atoms with E-state index in [2.05, 4.69) is 6.58 Å². The van der Waals surface area contributed by atoms with Crippen LogP contribution in [0.1, 0.15) is 23.1 Å². The van der Waals surface area contributed by atoms with Gasteiger partial charge in [-0.1, -0.05) is 66.7 Å². The van der Waals surface area contributed by atoms with Gasteiger partial charge in [-0.05, 0) is 11.1 Å². The molecule has 0 heterocycles. The molecule has 2 atom stereocenters. The predicted molar refractivity (Wildman–Crippen MR) is 70.8 cm³/mol. The van der Waals surface area contributed by atoms with Crippen LogP contribution in [0.2, 0.25) is 0 Å². The molecule has 0 aromatic heterocycles. The van der Waals surface area contributed by atoms with Gasteiger partial charge in [0.1, 0.15) is 0 Å². The smallest absolute Gasteiger partial charge is 0.0893 e. The van der Waals surface area contributed by atoms with E-state index in [1.807, 2.05) is 60.7 Å². The summed E-state index contributed by atoms with van der Waals surface area (Å²) in [4.78, 5) is 0. The molecule has 1 N–H and O–H groups in total. The summed E-state index contributed by atoms with van der Waals surface area (Å²) in [6.07, 6.45) is 1.25. The summed E-state index contributed by atoms with van der Waals surface area (Å²) in [6.45, 7) is 3.82. The molecule has 0 amide bonds. The van der Waals surface area contributed by atoms with Gasteiger partial charge in [-0.2, -0.15) is 0 Å². The summed E-state index contributed by atoms with van der Waals surface area (Å²) in [5, 5.41) is 10.4. The van der Waals surface area contributed by atoms with Crippen molar-refractivity contribution in [2.45, 2.75) is 12.0 Å². The number of rotatable bonds is 4. The zero-order valence-corrected chi connectivity index (χ0v) is 9.66. The van der Waals surface area contributed by atoms with E-state index in [9.17, 15) is 5.11 Å². The Balaban J connectivity index is 2.28. The molecule has 0 aliphatic carbocycles. The Labute approximate surface area is 102 Å². The van der Waals surface area contributed by atoms with Crippen molar-refractivity contribution < 1.29 is 5.11 Å². The molecular weight excluding hydrogens is 208 g/mol. The van der Waals surface area contributed by atoms with Crippen LogP contribution in [-0.2, 0) is 0 Å². The summed E-state index contributed by atoms with van der Waals surface area (Å²) in [7, 11) is 0. The quantitative estimate of drug-likeness (QED) is 0.785. The van der Waals surface area contributed by atoms with Crippen LogP contribution in [0, 0.1) is 0 Å². The van der Waals surface area contributed by atoms with Crippen LogP contribution in [0.4, 0.5) is 0 Å². The van der Waals surface area contributed by atoms with Gasteiger partial charge in [0.05, 0.1) is 6.10 Å². The highest BCUT2D eigenvalue weighted by Gasteiger charge is 2.19. The van der Waals surface area contributed by atoms with E-state index < -0.39 is 6.10 Å². The van der Waals surface area contributed by atoms with Crippen LogP contribution < -0.4 is 0 Å². The van der Waals surface area contributed by atoms with Gasteiger partial charge < -0.3 is 5.11 Å². The fraction of sp³-hybridized carbons (Fsp3) is 0.125. The number of benzene rings is 2. The highest BCUT2D eigenvalue weighted by atomic mass is 16.3. The summed E-state index contributed by atoms with van der Waals surface area (Å²) >= 11 is 0. The molecule has 2 aromatic rings. The maximum atomic E-state index is 10.4. The molecular formula is C16H16O. The molecule has 0 aliphatic rings. The fourth-order valence-electron chi connectivity index (χ4n) is 1.98. The summed E-state index contributed by atoms with van der Waals surface area (Å²) in [5.74, 6) is -0.0707. The van der Waals surface area contributed by atoms with Crippen molar-refractivity contribution in [1.82, 2.24) is 0 Å². The lowest BCUT2D eigenvalue weighted by molar-refractivity contribution is 0.162. The monoisotopic (exact) mass is 224 g/mol. The van der Waals surface area contributed by atoms with Gasteiger partial charge in [0.25, 0.3) is 0 Å². The molecule has 0 radical (unpaired) electrons. The Bertz CT molecular complexity index is 461. The molecule has 1 nitrogen and oxygen atoms in total. The SMILES string of the molecule is C=CC(c1ccccc1)[C@H](O)c1ccccc1. The van der Waals surface area contributed by atoms with Crippen LogP contribution in [0.25, 0.3) is 0 Å². The van der Waals surface area contributed by atoms with Crippen LogP contribution in [-0.4, -0.2) is 5.11 Å². The molecule has 0 bridgehead atoms. The van der Waals surface area contributed by atoms with Crippen molar-refractivity contribution in [2.24, 2.45) is 0 Å². The van der Waals surface area contributed by atoms with Crippen molar-refractivity contribution >= 4 is 0 Å². The zero-order chi connectivity index (χ0) is 12.1. The number of aliphatic hydroxyl groups is 1. The van der Waals surface area contributed by atoms with E-state index in [4.69, 9.17) is 0 Å². The van der Waals surface area contributed by atoms with E-state index >= 15 is 0 Å². The Hall–Kier alpha value is -1.86. The van der Waals surface area contributed by atoms with Crippen LogP contribution in [0.3, 0.4) is 0 Å². The summed E-state index contributed by atoms with van der Waals surface area (Å²) < 4.78 is 0. The van der Waals surface area contributed by atoms with Crippen molar-refractivity contribution in [3.8, 4) is 0 Å². The third-order valence-electron chi connectivity index (χ3n) is 2.92. The molecule has 86 valence electrons. The fourth-order valence-corrected chi connectivity index (χ4v) is 1.98. The molecule has 0 saturated carbocycles. The molecule has 0 aliphatic heterocycles. The average molecular weight is 224 g/mol. The molecule has 17 heavy (non-hydrogen) atoms. The lowest BCUT2D eigenvalue weighted by atomic mass is 9.89. The van der Waals surface area contributed by atoms with Gasteiger partial charge in [-0.15, -0.1) is 6.58 Å². The van der Waals surface area contributed by atoms with E-state index in [1.54, 1.807) is 6.08 Å². The van der Waals surface area contributed by atoms with Crippen LogP contribution >= 0.6 is 0 Å². The predicted octanol–water partition coefficient (Wildman–Crippen LogP) is 3.69. The summed E-state index contributed by atoms with van der Waals surface area (Å²) in [5.41, 5.74) is 2.00. The third kappa shape index (κ3) is 2.63. The van der Waals surface area contributed by atoms with Gasteiger partial charge in [-0.3, -0.25) is 0 Å². The molecule has 0 spiro atoms. The van der Waals surface area contributed by atoms with E-state index in [-0.39, 0.29) is 5.92 Å². The third-order valence-corrected chi connectivity index (χ3v) is 2.92. The van der Waals surface area contributed by atoms with Crippen molar-refractivity contribution in [3.63, 3.8) is 0 Å². The second-order valence-corrected chi connectivity index (χ2v) is 4.03. The minimum absolute atomic E-state index is 0.0707. The molecule has 0 fully saturated rings. The Morgan fingerprint density at radius 1 is 0.824 bits per heavy atom. The highest BCUT2D eigenvalue weighted by molar-refractivity contribution is 5.29. The van der Waals surface area contributed by atoms with Gasteiger partial charge in [-0.25, -0.2) is 0 Å². The Morgan fingerprint density at radius 3 is 1.76 bits per heavy atom. The zero-order valence-electron chi connectivity index (χ0n) is 9.66. The van der Waals surface area contributed by atoms with E-state index in [0.29, 0.717) is 0 Å². The topological polar surface area (TPSA) is 20.2 Å². The standard InChI is InChI=1S/C16H16O/c1-2-15(13-9-5-3-6-10-13)16(17)14-11-7-4-8-12-14/h2-12,15-17H,1H2/t15?,16-/m1/s1. The lowest BCUT2D eigenvalue weighted by Gasteiger charge is -2.20. The molecule has 1 unspecified atom stereocenters.